The topological polar surface area (TPSA) is 58.6 Å². The third-order valence-electron chi connectivity index (χ3n) is 3.78. The average molecular weight is 345 g/mol. The number of nitrogens with zero attached hydrogens (tertiary/aromatic N) is 1. The zero-order valence-corrected chi connectivity index (χ0v) is 13.9. The number of amides is 2. The Balaban J connectivity index is 1.76. The first-order valence-corrected chi connectivity index (χ1v) is 8.00. The molecule has 6 heteroatoms. The van der Waals surface area contributed by atoms with E-state index < -0.39 is 6.04 Å². The van der Waals surface area contributed by atoms with Crippen LogP contribution in [0.2, 0.25) is 5.02 Å². The summed E-state index contributed by atoms with van der Waals surface area (Å²) in [7, 11) is 0. The molecule has 0 fully saturated rings. The Hall–Kier alpha value is -2.53. The highest BCUT2D eigenvalue weighted by atomic mass is 35.5. The molecule has 1 aliphatic heterocycles. The summed E-state index contributed by atoms with van der Waals surface area (Å²) in [4.78, 5) is 25.7. The van der Waals surface area contributed by atoms with Gasteiger partial charge < -0.3 is 15.0 Å². The molecule has 0 unspecified atom stereocenters. The standard InChI is InChI=1S/C18H17ClN2O3/c1-12(22)20-17-15-11-13(19)7-8-16(15)21(18(17)23)9-10-24-14-5-3-2-4-6-14/h2-8,11,17H,9-10H2,1H3,(H,20,22)/t17-/m0/s1. The zero-order chi connectivity index (χ0) is 17.1. The van der Waals surface area contributed by atoms with E-state index >= 15 is 0 Å². The van der Waals surface area contributed by atoms with Crippen LogP contribution in [0, 0.1) is 0 Å². The molecule has 1 atom stereocenters. The average Bonchev–Trinajstić information content (AvgIpc) is 2.80. The SMILES string of the molecule is CC(=O)N[C@@H]1C(=O)N(CCOc2ccccc2)c2ccc(Cl)cc21. The van der Waals surface area contributed by atoms with Crippen molar-refractivity contribution < 1.29 is 14.3 Å². The van der Waals surface area contributed by atoms with E-state index in [1.54, 1.807) is 23.1 Å². The molecule has 5 nitrogen and oxygen atoms in total. The van der Waals surface area contributed by atoms with E-state index in [2.05, 4.69) is 5.32 Å². The summed E-state index contributed by atoms with van der Waals surface area (Å²) < 4.78 is 5.66. The van der Waals surface area contributed by atoms with Gasteiger partial charge in [-0.15, -0.1) is 0 Å². The van der Waals surface area contributed by atoms with Crippen LogP contribution in [0.1, 0.15) is 18.5 Å². The molecule has 1 aliphatic rings. The van der Waals surface area contributed by atoms with E-state index in [4.69, 9.17) is 16.3 Å². The van der Waals surface area contributed by atoms with E-state index in [1.807, 2.05) is 30.3 Å². The van der Waals surface area contributed by atoms with Gasteiger partial charge in [-0.3, -0.25) is 9.59 Å². The quantitative estimate of drug-likeness (QED) is 0.907. The fraction of sp³-hybridized carbons (Fsp3) is 0.222. The maximum absolute atomic E-state index is 12.7. The predicted molar refractivity (Wildman–Crippen MR) is 92.3 cm³/mol. The van der Waals surface area contributed by atoms with Crippen LogP contribution in [0.3, 0.4) is 0 Å². The Morgan fingerprint density at radius 3 is 2.71 bits per heavy atom. The van der Waals surface area contributed by atoms with Crippen molar-refractivity contribution in [2.24, 2.45) is 0 Å². The molecule has 0 saturated carbocycles. The minimum absolute atomic E-state index is 0.181. The lowest BCUT2D eigenvalue weighted by Gasteiger charge is -2.18. The number of ether oxygens (including phenoxy) is 1. The summed E-state index contributed by atoms with van der Waals surface area (Å²) in [6.45, 7) is 2.13. The van der Waals surface area contributed by atoms with Gasteiger partial charge in [0.15, 0.2) is 0 Å². The number of rotatable bonds is 5. The number of carbonyl (C=O) groups excluding carboxylic acids is 2. The van der Waals surface area contributed by atoms with Crippen molar-refractivity contribution in [2.45, 2.75) is 13.0 Å². The molecule has 0 aromatic heterocycles. The molecule has 124 valence electrons. The molecule has 0 bridgehead atoms. The molecule has 0 spiro atoms. The minimum Gasteiger partial charge on any atom is -0.492 e. The molecule has 24 heavy (non-hydrogen) atoms. The number of anilines is 1. The molecular weight excluding hydrogens is 328 g/mol. The third-order valence-corrected chi connectivity index (χ3v) is 4.01. The van der Waals surface area contributed by atoms with E-state index in [0.29, 0.717) is 23.7 Å². The van der Waals surface area contributed by atoms with Crippen LogP contribution in [-0.4, -0.2) is 25.0 Å². The predicted octanol–water partition coefficient (Wildman–Crippen LogP) is 2.94. The molecule has 1 heterocycles. The lowest BCUT2D eigenvalue weighted by atomic mass is 10.1. The number of para-hydroxylation sites is 1. The highest BCUT2D eigenvalue weighted by Crippen LogP contribution is 2.37. The van der Waals surface area contributed by atoms with Crippen LogP contribution >= 0.6 is 11.6 Å². The van der Waals surface area contributed by atoms with Gasteiger partial charge in [-0.1, -0.05) is 29.8 Å². The maximum Gasteiger partial charge on any atom is 0.254 e. The van der Waals surface area contributed by atoms with Gasteiger partial charge in [0, 0.05) is 23.2 Å². The van der Waals surface area contributed by atoms with E-state index in [9.17, 15) is 9.59 Å². The molecule has 0 saturated heterocycles. The van der Waals surface area contributed by atoms with E-state index in [0.717, 1.165) is 11.4 Å². The Labute approximate surface area is 145 Å². The zero-order valence-electron chi connectivity index (χ0n) is 13.2. The fourth-order valence-corrected chi connectivity index (χ4v) is 2.94. The minimum atomic E-state index is -0.701. The lowest BCUT2D eigenvalue weighted by Crippen LogP contribution is -2.38. The summed E-state index contributed by atoms with van der Waals surface area (Å²) >= 11 is 6.04. The smallest absolute Gasteiger partial charge is 0.254 e. The maximum atomic E-state index is 12.7. The van der Waals surface area contributed by atoms with Crippen LogP contribution in [0.5, 0.6) is 5.75 Å². The molecule has 1 N–H and O–H groups in total. The first kappa shape index (κ1) is 16.3. The summed E-state index contributed by atoms with van der Waals surface area (Å²) in [5.41, 5.74) is 1.46. The molecular formula is C18H17ClN2O3. The largest absolute Gasteiger partial charge is 0.492 e. The number of hydrogen-bond donors (Lipinski definition) is 1. The van der Waals surface area contributed by atoms with Crippen molar-refractivity contribution >= 4 is 29.1 Å². The van der Waals surface area contributed by atoms with Gasteiger partial charge in [0.1, 0.15) is 18.4 Å². The number of halogens is 1. The van der Waals surface area contributed by atoms with Gasteiger partial charge in [-0.05, 0) is 30.3 Å². The summed E-state index contributed by atoms with van der Waals surface area (Å²) in [6, 6.07) is 13.9. The Kier molecular flexibility index (Phi) is 4.71. The van der Waals surface area contributed by atoms with Crippen LogP contribution in [0.15, 0.2) is 48.5 Å². The molecule has 2 aromatic carbocycles. The molecule has 2 amide bonds. The monoisotopic (exact) mass is 344 g/mol. The second kappa shape index (κ2) is 6.93. The van der Waals surface area contributed by atoms with Gasteiger partial charge in [0.2, 0.25) is 5.91 Å². The van der Waals surface area contributed by atoms with Gasteiger partial charge >= 0.3 is 0 Å². The van der Waals surface area contributed by atoms with Gasteiger partial charge in [-0.2, -0.15) is 0 Å². The second-order valence-corrected chi connectivity index (χ2v) is 5.92. The fourth-order valence-electron chi connectivity index (χ4n) is 2.75. The first-order chi connectivity index (χ1) is 11.6. The number of nitrogens with one attached hydrogen (secondary N) is 1. The van der Waals surface area contributed by atoms with Crippen LogP contribution in [0.25, 0.3) is 0 Å². The third kappa shape index (κ3) is 3.36. The van der Waals surface area contributed by atoms with Crippen molar-refractivity contribution in [3.05, 3.63) is 59.1 Å². The Bertz CT molecular complexity index is 764. The molecule has 2 aromatic rings. The highest BCUT2D eigenvalue weighted by molar-refractivity contribution is 6.31. The number of carbonyl (C=O) groups is 2. The van der Waals surface area contributed by atoms with Crippen LogP contribution in [0.4, 0.5) is 5.69 Å². The number of fused-ring (bicyclic) bond motifs is 1. The molecule has 0 aliphatic carbocycles. The second-order valence-electron chi connectivity index (χ2n) is 5.49. The summed E-state index contributed by atoms with van der Waals surface area (Å²) in [6.07, 6.45) is 0. The van der Waals surface area contributed by atoms with Gasteiger partial charge in [0.05, 0.1) is 6.54 Å². The number of hydrogen-bond acceptors (Lipinski definition) is 3. The van der Waals surface area contributed by atoms with Crippen molar-refractivity contribution in [3.8, 4) is 5.75 Å². The summed E-state index contributed by atoms with van der Waals surface area (Å²) in [5.74, 6) is 0.305. The highest BCUT2D eigenvalue weighted by Gasteiger charge is 2.37. The molecule has 0 radical (unpaired) electrons. The van der Waals surface area contributed by atoms with Crippen LogP contribution in [-0.2, 0) is 9.59 Å². The van der Waals surface area contributed by atoms with Gasteiger partial charge in [0.25, 0.3) is 5.91 Å². The Morgan fingerprint density at radius 1 is 1.25 bits per heavy atom. The van der Waals surface area contributed by atoms with Gasteiger partial charge in [-0.25, -0.2) is 0 Å². The van der Waals surface area contributed by atoms with Crippen molar-refractivity contribution in [1.29, 1.82) is 0 Å². The van der Waals surface area contributed by atoms with Crippen molar-refractivity contribution in [3.63, 3.8) is 0 Å². The van der Waals surface area contributed by atoms with E-state index in [1.165, 1.54) is 6.92 Å². The van der Waals surface area contributed by atoms with Crippen molar-refractivity contribution in [1.82, 2.24) is 5.32 Å². The first-order valence-electron chi connectivity index (χ1n) is 7.62. The van der Waals surface area contributed by atoms with Crippen molar-refractivity contribution in [2.75, 3.05) is 18.1 Å². The summed E-state index contributed by atoms with van der Waals surface area (Å²) in [5, 5.41) is 3.21. The van der Waals surface area contributed by atoms with Crippen LogP contribution < -0.4 is 15.0 Å². The van der Waals surface area contributed by atoms with E-state index in [-0.39, 0.29) is 11.8 Å². The normalized spacial score (nSPS) is 16.0. The molecule has 3 rings (SSSR count). The lowest BCUT2D eigenvalue weighted by molar-refractivity contribution is -0.126. The Morgan fingerprint density at radius 2 is 2.00 bits per heavy atom. The number of benzene rings is 2.